The monoisotopic (exact) mass is 354 g/mol. The van der Waals surface area contributed by atoms with Gasteiger partial charge in [0.15, 0.2) is 0 Å². The molecule has 2 aliphatic rings. The molecule has 0 N–H and O–H groups in total. The third-order valence-corrected chi connectivity index (χ3v) is 7.33. The standard InChI is InChI=1S/C18H27FN2O2S/c1-15-6-10-20(11-7-15)14-16-8-12-21(13-9-16)24(22,23)18-4-2-17(19)3-5-18/h2-5,15-16H,6-14H2,1H3. The number of rotatable bonds is 4. The van der Waals surface area contributed by atoms with Crippen molar-refractivity contribution in [3.05, 3.63) is 30.1 Å². The van der Waals surface area contributed by atoms with E-state index in [2.05, 4.69) is 11.8 Å². The Morgan fingerprint density at radius 1 is 1.00 bits per heavy atom. The highest BCUT2D eigenvalue weighted by Gasteiger charge is 2.30. The van der Waals surface area contributed by atoms with Gasteiger partial charge in [-0.25, -0.2) is 12.8 Å². The van der Waals surface area contributed by atoms with Gasteiger partial charge in [0.25, 0.3) is 0 Å². The fraction of sp³-hybridized carbons (Fsp3) is 0.667. The van der Waals surface area contributed by atoms with Gasteiger partial charge in [-0.15, -0.1) is 0 Å². The van der Waals surface area contributed by atoms with Crippen molar-refractivity contribution in [3.63, 3.8) is 0 Å². The zero-order valence-corrected chi connectivity index (χ0v) is 15.1. The van der Waals surface area contributed by atoms with Gasteiger partial charge in [0.05, 0.1) is 4.90 Å². The summed E-state index contributed by atoms with van der Waals surface area (Å²) in [6, 6.07) is 5.12. The number of likely N-dealkylation sites (tertiary alicyclic amines) is 1. The molecule has 134 valence electrons. The van der Waals surface area contributed by atoms with Gasteiger partial charge in [0.1, 0.15) is 5.82 Å². The normalized spacial score (nSPS) is 22.8. The molecule has 2 fully saturated rings. The highest BCUT2D eigenvalue weighted by molar-refractivity contribution is 7.89. The van der Waals surface area contributed by atoms with Gasteiger partial charge >= 0.3 is 0 Å². The van der Waals surface area contributed by atoms with E-state index in [1.165, 1.54) is 50.2 Å². The van der Waals surface area contributed by atoms with Crippen molar-refractivity contribution in [1.29, 1.82) is 0 Å². The summed E-state index contributed by atoms with van der Waals surface area (Å²) in [5.74, 6) is 1.01. The SMILES string of the molecule is CC1CCN(CC2CCN(S(=O)(=O)c3ccc(F)cc3)CC2)CC1. The van der Waals surface area contributed by atoms with E-state index in [1.54, 1.807) is 4.31 Å². The molecular formula is C18H27FN2O2S. The van der Waals surface area contributed by atoms with Crippen molar-refractivity contribution in [2.75, 3.05) is 32.7 Å². The Hall–Kier alpha value is -0.980. The lowest BCUT2D eigenvalue weighted by Crippen LogP contribution is -2.43. The first-order valence-electron chi connectivity index (χ1n) is 8.93. The highest BCUT2D eigenvalue weighted by atomic mass is 32.2. The van der Waals surface area contributed by atoms with Crippen molar-refractivity contribution < 1.29 is 12.8 Å². The molecule has 0 saturated carbocycles. The average Bonchev–Trinajstić information content (AvgIpc) is 2.58. The van der Waals surface area contributed by atoms with Gasteiger partial charge in [-0.2, -0.15) is 4.31 Å². The van der Waals surface area contributed by atoms with Gasteiger partial charge in [0.2, 0.25) is 10.0 Å². The van der Waals surface area contributed by atoms with E-state index in [1.807, 2.05) is 0 Å². The molecule has 1 aromatic rings. The Kier molecular flexibility index (Phi) is 5.57. The number of benzene rings is 1. The molecule has 0 bridgehead atoms. The van der Waals surface area contributed by atoms with E-state index in [9.17, 15) is 12.8 Å². The van der Waals surface area contributed by atoms with E-state index >= 15 is 0 Å². The summed E-state index contributed by atoms with van der Waals surface area (Å²) in [5.41, 5.74) is 0. The molecule has 2 heterocycles. The summed E-state index contributed by atoms with van der Waals surface area (Å²) < 4.78 is 39.8. The Balaban J connectivity index is 1.53. The van der Waals surface area contributed by atoms with Crippen LogP contribution in [0.15, 0.2) is 29.2 Å². The smallest absolute Gasteiger partial charge is 0.243 e. The maximum absolute atomic E-state index is 13.0. The van der Waals surface area contributed by atoms with E-state index in [0.717, 1.165) is 25.3 Å². The zero-order valence-electron chi connectivity index (χ0n) is 14.3. The molecule has 24 heavy (non-hydrogen) atoms. The molecule has 0 spiro atoms. The minimum atomic E-state index is -3.49. The molecule has 0 aliphatic carbocycles. The van der Waals surface area contributed by atoms with E-state index in [0.29, 0.717) is 19.0 Å². The molecule has 6 heteroatoms. The third kappa shape index (κ3) is 4.16. The van der Waals surface area contributed by atoms with Crippen LogP contribution in [0.1, 0.15) is 32.6 Å². The molecule has 4 nitrogen and oxygen atoms in total. The summed E-state index contributed by atoms with van der Waals surface area (Å²) >= 11 is 0. The second-order valence-electron chi connectivity index (χ2n) is 7.28. The summed E-state index contributed by atoms with van der Waals surface area (Å²) in [6.45, 7) is 6.89. The lowest BCUT2D eigenvalue weighted by molar-refractivity contribution is 0.142. The predicted molar refractivity (Wildman–Crippen MR) is 92.7 cm³/mol. The summed E-state index contributed by atoms with van der Waals surface area (Å²) in [7, 11) is -3.49. The van der Waals surface area contributed by atoms with Crippen molar-refractivity contribution in [2.45, 2.75) is 37.5 Å². The quantitative estimate of drug-likeness (QED) is 0.835. The Morgan fingerprint density at radius 3 is 2.17 bits per heavy atom. The van der Waals surface area contributed by atoms with Gasteiger partial charge in [-0.1, -0.05) is 6.92 Å². The molecular weight excluding hydrogens is 327 g/mol. The summed E-state index contributed by atoms with van der Waals surface area (Å²) in [6.07, 6.45) is 4.37. The van der Waals surface area contributed by atoms with Crippen LogP contribution in [0, 0.1) is 17.7 Å². The number of sulfonamides is 1. The third-order valence-electron chi connectivity index (χ3n) is 5.42. The summed E-state index contributed by atoms with van der Waals surface area (Å²) in [5, 5.41) is 0. The van der Waals surface area contributed by atoms with Crippen LogP contribution < -0.4 is 0 Å². The van der Waals surface area contributed by atoms with Gasteiger partial charge in [-0.05, 0) is 74.9 Å². The lowest BCUT2D eigenvalue weighted by atomic mass is 9.94. The Morgan fingerprint density at radius 2 is 1.58 bits per heavy atom. The molecule has 0 aromatic heterocycles. The molecule has 1 aromatic carbocycles. The van der Waals surface area contributed by atoms with E-state index in [-0.39, 0.29) is 4.90 Å². The number of hydrogen-bond acceptors (Lipinski definition) is 3. The van der Waals surface area contributed by atoms with E-state index < -0.39 is 15.8 Å². The number of halogens is 1. The first-order valence-corrected chi connectivity index (χ1v) is 10.4. The van der Waals surface area contributed by atoms with Gasteiger partial charge in [-0.3, -0.25) is 0 Å². The minimum absolute atomic E-state index is 0.187. The highest BCUT2D eigenvalue weighted by Crippen LogP contribution is 2.26. The van der Waals surface area contributed by atoms with Gasteiger partial charge < -0.3 is 4.90 Å². The second kappa shape index (κ2) is 7.50. The van der Waals surface area contributed by atoms with Crippen LogP contribution in [-0.2, 0) is 10.0 Å². The van der Waals surface area contributed by atoms with Crippen LogP contribution in [0.2, 0.25) is 0 Å². The van der Waals surface area contributed by atoms with Crippen molar-refractivity contribution in [2.24, 2.45) is 11.8 Å². The van der Waals surface area contributed by atoms with Crippen LogP contribution in [0.25, 0.3) is 0 Å². The van der Waals surface area contributed by atoms with Crippen molar-refractivity contribution in [3.8, 4) is 0 Å². The Labute approximate surface area is 144 Å². The second-order valence-corrected chi connectivity index (χ2v) is 9.22. The molecule has 0 unspecified atom stereocenters. The van der Waals surface area contributed by atoms with Crippen LogP contribution >= 0.6 is 0 Å². The molecule has 0 amide bonds. The lowest BCUT2D eigenvalue weighted by Gasteiger charge is -2.36. The Bertz CT molecular complexity index is 631. The van der Waals surface area contributed by atoms with E-state index in [4.69, 9.17) is 0 Å². The molecule has 0 atom stereocenters. The summed E-state index contributed by atoms with van der Waals surface area (Å²) in [4.78, 5) is 2.72. The predicted octanol–water partition coefficient (Wildman–Crippen LogP) is 2.96. The van der Waals surface area contributed by atoms with Crippen LogP contribution in [-0.4, -0.2) is 50.3 Å². The average molecular weight is 354 g/mol. The largest absolute Gasteiger partial charge is 0.303 e. The first kappa shape index (κ1) is 17.8. The fourth-order valence-electron chi connectivity index (χ4n) is 3.70. The fourth-order valence-corrected chi connectivity index (χ4v) is 5.17. The molecule has 0 radical (unpaired) electrons. The van der Waals surface area contributed by atoms with Crippen LogP contribution in [0.5, 0.6) is 0 Å². The zero-order chi connectivity index (χ0) is 17.2. The van der Waals surface area contributed by atoms with Crippen molar-refractivity contribution in [1.82, 2.24) is 9.21 Å². The molecule has 3 rings (SSSR count). The topological polar surface area (TPSA) is 40.6 Å². The van der Waals surface area contributed by atoms with Gasteiger partial charge in [0, 0.05) is 19.6 Å². The molecule has 2 aliphatic heterocycles. The molecule has 2 saturated heterocycles. The van der Waals surface area contributed by atoms with Crippen LogP contribution in [0.3, 0.4) is 0 Å². The first-order chi connectivity index (χ1) is 11.4. The number of hydrogen-bond donors (Lipinski definition) is 0. The maximum atomic E-state index is 13.0. The number of nitrogens with zero attached hydrogens (tertiary/aromatic N) is 2. The number of piperidine rings is 2. The van der Waals surface area contributed by atoms with Crippen molar-refractivity contribution >= 4 is 10.0 Å². The maximum Gasteiger partial charge on any atom is 0.243 e. The van der Waals surface area contributed by atoms with Crippen LogP contribution in [0.4, 0.5) is 4.39 Å². The minimum Gasteiger partial charge on any atom is -0.303 e.